The Morgan fingerprint density at radius 3 is 2.35 bits per heavy atom. The first kappa shape index (κ1) is 19.7. The molecular formula is C16H23IN2O4. The Labute approximate surface area is 150 Å². The number of benzene rings is 1. The number of hydrogen-bond acceptors (Lipinski definition) is 4. The van der Waals surface area contributed by atoms with Gasteiger partial charge in [-0.25, -0.2) is 4.79 Å². The Balaban J connectivity index is 2.56. The van der Waals surface area contributed by atoms with Gasteiger partial charge in [-0.15, -0.1) is 0 Å². The predicted molar refractivity (Wildman–Crippen MR) is 96.0 cm³/mol. The highest BCUT2D eigenvalue weighted by Gasteiger charge is 2.24. The third-order valence-corrected chi connectivity index (χ3v) is 3.44. The Morgan fingerprint density at radius 2 is 1.83 bits per heavy atom. The van der Waals surface area contributed by atoms with Crippen molar-refractivity contribution in [3.63, 3.8) is 0 Å². The smallest absolute Gasteiger partial charge is 0.408 e. The fraction of sp³-hybridized carbons (Fsp3) is 0.500. The van der Waals surface area contributed by atoms with Crippen molar-refractivity contribution in [1.82, 2.24) is 10.6 Å². The summed E-state index contributed by atoms with van der Waals surface area (Å²) in [4.78, 5) is 24.0. The highest BCUT2D eigenvalue weighted by Crippen LogP contribution is 2.08. The summed E-state index contributed by atoms with van der Waals surface area (Å²) in [5, 5.41) is 5.30. The van der Waals surface area contributed by atoms with E-state index in [2.05, 4.69) is 33.2 Å². The molecule has 0 saturated heterocycles. The number of nitrogens with one attached hydrogen (secondary N) is 2. The third kappa shape index (κ3) is 8.17. The molecule has 0 fully saturated rings. The molecule has 0 aliphatic carbocycles. The molecule has 0 aliphatic rings. The van der Waals surface area contributed by atoms with Gasteiger partial charge >= 0.3 is 6.09 Å². The van der Waals surface area contributed by atoms with Crippen molar-refractivity contribution in [3.05, 3.63) is 33.4 Å². The van der Waals surface area contributed by atoms with Crippen LogP contribution in [0.25, 0.3) is 0 Å². The van der Waals surface area contributed by atoms with Gasteiger partial charge in [-0.2, -0.15) is 0 Å². The van der Waals surface area contributed by atoms with E-state index in [0.717, 1.165) is 9.13 Å². The van der Waals surface area contributed by atoms with Crippen molar-refractivity contribution in [2.24, 2.45) is 0 Å². The van der Waals surface area contributed by atoms with Crippen molar-refractivity contribution >= 4 is 34.6 Å². The van der Waals surface area contributed by atoms with Gasteiger partial charge in [-0.3, -0.25) is 4.79 Å². The zero-order valence-electron chi connectivity index (χ0n) is 13.8. The summed E-state index contributed by atoms with van der Waals surface area (Å²) in [5.74, 6) is -0.323. The molecule has 0 saturated carbocycles. The normalized spacial score (nSPS) is 12.4. The van der Waals surface area contributed by atoms with E-state index in [0.29, 0.717) is 6.54 Å². The van der Waals surface area contributed by atoms with Gasteiger partial charge < -0.3 is 20.1 Å². The standard InChI is InChI=1S/C16H23IN2O4/c1-16(2,3)23-15(21)19-13(10-22-4)14(20)18-9-11-5-7-12(17)8-6-11/h5-8,13H,9-10H2,1-4H3,(H,18,20)(H,19,21)/t13-/m0/s1. The van der Waals surface area contributed by atoms with E-state index in [-0.39, 0.29) is 12.5 Å². The molecular weight excluding hydrogens is 411 g/mol. The lowest BCUT2D eigenvalue weighted by molar-refractivity contribution is -0.124. The molecule has 0 bridgehead atoms. The van der Waals surface area contributed by atoms with E-state index in [1.54, 1.807) is 20.8 Å². The number of ether oxygens (including phenoxy) is 2. The average molecular weight is 434 g/mol. The molecule has 2 N–H and O–H groups in total. The van der Waals surface area contributed by atoms with Crippen LogP contribution in [0.1, 0.15) is 26.3 Å². The van der Waals surface area contributed by atoms with Crippen LogP contribution < -0.4 is 10.6 Å². The molecule has 6 nitrogen and oxygen atoms in total. The number of carbonyl (C=O) groups is 2. The second-order valence-corrected chi connectivity index (χ2v) is 7.24. The highest BCUT2D eigenvalue weighted by atomic mass is 127. The van der Waals surface area contributed by atoms with Gasteiger partial charge in [0.05, 0.1) is 6.61 Å². The van der Waals surface area contributed by atoms with E-state index in [1.165, 1.54) is 7.11 Å². The second-order valence-electron chi connectivity index (χ2n) is 6.00. The molecule has 1 aromatic rings. The van der Waals surface area contributed by atoms with E-state index in [1.807, 2.05) is 24.3 Å². The van der Waals surface area contributed by atoms with Crippen molar-refractivity contribution in [3.8, 4) is 0 Å². The van der Waals surface area contributed by atoms with Gasteiger partial charge in [-0.1, -0.05) is 12.1 Å². The Morgan fingerprint density at radius 1 is 1.22 bits per heavy atom. The van der Waals surface area contributed by atoms with Gasteiger partial charge in [0.25, 0.3) is 0 Å². The summed E-state index contributed by atoms with van der Waals surface area (Å²) in [6.07, 6.45) is -0.649. The summed E-state index contributed by atoms with van der Waals surface area (Å²) in [7, 11) is 1.47. The number of amides is 2. The fourth-order valence-electron chi connectivity index (χ4n) is 1.71. The quantitative estimate of drug-likeness (QED) is 0.675. The maximum Gasteiger partial charge on any atom is 0.408 e. The van der Waals surface area contributed by atoms with Crippen LogP contribution in [0.5, 0.6) is 0 Å². The molecule has 7 heteroatoms. The number of halogens is 1. The minimum atomic E-state index is -0.807. The zero-order chi connectivity index (χ0) is 17.5. The first-order valence-corrected chi connectivity index (χ1v) is 8.30. The Bertz CT molecular complexity index is 526. The second kappa shape index (κ2) is 9.07. The van der Waals surface area contributed by atoms with Crippen LogP contribution in [0.3, 0.4) is 0 Å². The highest BCUT2D eigenvalue weighted by molar-refractivity contribution is 14.1. The predicted octanol–water partition coefficient (Wildman–Crippen LogP) is 2.45. The molecule has 23 heavy (non-hydrogen) atoms. The van der Waals surface area contributed by atoms with Crippen LogP contribution in [0.2, 0.25) is 0 Å². The van der Waals surface area contributed by atoms with Gasteiger partial charge in [0, 0.05) is 17.2 Å². The molecule has 0 aliphatic heterocycles. The molecule has 0 heterocycles. The minimum absolute atomic E-state index is 0.0672. The van der Waals surface area contributed by atoms with Crippen LogP contribution in [0.4, 0.5) is 4.79 Å². The lowest BCUT2D eigenvalue weighted by atomic mass is 10.2. The van der Waals surface area contributed by atoms with Crippen molar-refractivity contribution < 1.29 is 19.1 Å². The van der Waals surface area contributed by atoms with Crippen molar-refractivity contribution in [1.29, 1.82) is 0 Å². The number of carbonyl (C=O) groups excluding carboxylic acids is 2. The SMILES string of the molecule is COC[C@H](NC(=O)OC(C)(C)C)C(=O)NCc1ccc(I)cc1. The molecule has 1 aromatic carbocycles. The number of alkyl carbamates (subject to hydrolysis) is 1. The Hall–Kier alpha value is -1.35. The number of hydrogen-bond donors (Lipinski definition) is 2. The fourth-order valence-corrected chi connectivity index (χ4v) is 2.07. The number of rotatable bonds is 6. The topological polar surface area (TPSA) is 76.7 Å². The first-order chi connectivity index (χ1) is 10.7. The van der Waals surface area contributed by atoms with Gasteiger partial charge in [-0.05, 0) is 61.1 Å². The van der Waals surface area contributed by atoms with Crippen LogP contribution in [-0.2, 0) is 20.8 Å². The Kier molecular flexibility index (Phi) is 7.77. The minimum Gasteiger partial charge on any atom is -0.444 e. The maximum atomic E-state index is 12.2. The summed E-state index contributed by atoms with van der Waals surface area (Å²) in [5.41, 5.74) is 0.353. The molecule has 0 aromatic heterocycles. The maximum absolute atomic E-state index is 12.2. The summed E-state index contributed by atoms with van der Waals surface area (Å²) >= 11 is 2.22. The van der Waals surface area contributed by atoms with E-state index in [9.17, 15) is 9.59 Å². The monoisotopic (exact) mass is 434 g/mol. The lowest BCUT2D eigenvalue weighted by Gasteiger charge is -2.23. The van der Waals surface area contributed by atoms with Gasteiger partial charge in [0.2, 0.25) is 5.91 Å². The molecule has 0 radical (unpaired) electrons. The van der Waals surface area contributed by atoms with Crippen LogP contribution in [0.15, 0.2) is 24.3 Å². The molecule has 0 spiro atoms. The first-order valence-electron chi connectivity index (χ1n) is 7.22. The lowest BCUT2D eigenvalue weighted by Crippen LogP contribution is -2.50. The molecule has 2 amide bonds. The van der Waals surface area contributed by atoms with E-state index in [4.69, 9.17) is 9.47 Å². The average Bonchev–Trinajstić information content (AvgIpc) is 2.44. The summed E-state index contributed by atoms with van der Waals surface area (Å²) in [6, 6.07) is 7.00. The van der Waals surface area contributed by atoms with Gasteiger partial charge in [0.15, 0.2) is 0 Å². The molecule has 1 rings (SSSR count). The third-order valence-electron chi connectivity index (χ3n) is 2.72. The van der Waals surface area contributed by atoms with E-state index < -0.39 is 17.7 Å². The summed E-state index contributed by atoms with van der Waals surface area (Å²) < 4.78 is 11.3. The van der Waals surface area contributed by atoms with Crippen molar-refractivity contribution in [2.75, 3.05) is 13.7 Å². The van der Waals surface area contributed by atoms with Crippen LogP contribution in [-0.4, -0.2) is 37.4 Å². The zero-order valence-corrected chi connectivity index (χ0v) is 16.0. The molecule has 1 atom stereocenters. The largest absolute Gasteiger partial charge is 0.444 e. The van der Waals surface area contributed by atoms with Crippen LogP contribution >= 0.6 is 22.6 Å². The number of methoxy groups -OCH3 is 1. The molecule has 128 valence electrons. The van der Waals surface area contributed by atoms with Gasteiger partial charge in [0.1, 0.15) is 11.6 Å². The van der Waals surface area contributed by atoms with Crippen molar-refractivity contribution in [2.45, 2.75) is 39.0 Å². The summed E-state index contributed by atoms with van der Waals surface area (Å²) in [6.45, 7) is 5.72. The molecule has 0 unspecified atom stereocenters. The van der Waals surface area contributed by atoms with E-state index >= 15 is 0 Å². The van der Waals surface area contributed by atoms with Crippen LogP contribution in [0, 0.1) is 3.57 Å².